The molecule has 2 aromatic rings. The van der Waals surface area contributed by atoms with Crippen molar-refractivity contribution in [1.82, 2.24) is 9.88 Å². The normalized spacial score (nSPS) is 15.2. The third-order valence-electron chi connectivity index (χ3n) is 4.80. The van der Waals surface area contributed by atoms with Gasteiger partial charge in [0.15, 0.2) is 0 Å². The lowest BCUT2D eigenvalue weighted by atomic mass is 9.90. The van der Waals surface area contributed by atoms with Crippen LogP contribution in [-0.2, 0) is 6.42 Å². The summed E-state index contributed by atoms with van der Waals surface area (Å²) in [6, 6.07) is 13.4. The molecular formula is C20H22N2O3. The largest absolute Gasteiger partial charge is 0.478 e. The summed E-state index contributed by atoms with van der Waals surface area (Å²) >= 11 is 0. The van der Waals surface area contributed by atoms with E-state index in [0.29, 0.717) is 17.3 Å². The molecule has 1 N–H and O–H groups in total. The second-order valence-electron chi connectivity index (χ2n) is 6.56. The molecule has 1 aromatic heterocycles. The van der Waals surface area contributed by atoms with Crippen LogP contribution in [0.5, 0.6) is 0 Å². The van der Waals surface area contributed by atoms with E-state index >= 15 is 0 Å². The van der Waals surface area contributed by atoms with Crippen molar-refractivity contribution in [3.05, 3.63) is 65.0 Å². The van der Waals surface area contributed by atoms with Crippen LogP contribution in [-0.4, -0.2) is 40.0 Å². The van der Waals surface area contributed by atoms with Gasteiger partial charge in [-0.15, -0.1) is 0 Å². The summed E-state index contributed by atoms with van der Waals surface area (Å²) in [4.78, 5) is 29.7. The minimum absolute atomic E-state index is 0.113. The molecule has 0 unspecified atom stereocenters. The number of hydrogen-bond donors (Lipinski definition) is 1. The zero-order valence-electron chi connectivity index (χ0n) is 14.3. The minimum Gasteiger partial charge on any atom is -0.478 e. The summed E-state index contributed by atoms with van der Waals surface area (Å²) in [5.74, 6) is -0.542. The lowest BCUT2D eigenvalue weighted by molar-refractivity contribution is 0.0673. The van der Waals surface area contributed by atoms with Crippen LogP contribution in [0.1, 0.15) is 44.9 Å². The number of aromatic nitrogens is 1. The molecule has 5 nitrogen and oxygen atoms in total. The van der Waals surface area contributed by atoms with Gasteiger partial charge < -0.3 is 10.0 Å². The van der Waals surface area contributed by atoms with Crippen LogP contribution in [0.4, 0.5) is 0 Å². The van der Waals surface area contributed by atoms with Crippen molar-refractivity contribution in [2.75, 3.05) is 13.1 Å². The molecule has 1 aliphatic heterocycles. The Bertz CT molecular complexity index is 766. The number of carbonyl (C=O) groups excluding carboxylic acids is 1. The highest BCUT2D eigenvalue weighted by Crippen LogP contribution is 2.22. The molecule has 130 valence electrons. The summed E-state index contributed by atoms with van der Waals surface area (Å²) in [5, 5.41) is 9.06. The third kappa shape index (κ3) is 4.05. The first kappa shape index (κ1) is 17.1. The predicted molar refractivity (Wildman–Crippen MR) is 94.7 cm³/mol. The molecule has 0 atom stereocenters. The molecule has 5 heteroatoms. The summed E-state index contributed by atoms with van der Waals surface area (Å²) in [6.45, 7) is 3.06. The van der Waals surface area contributed by atoms with Gasteiger partial charge >= 0.3 is 5.97 Å². The third-order valence-corrected chi connectivity index (χ3v) is 4.80. The van der Waals surface area contributed by atoms with Crippen molar-refractivity contribution in [2.24, 2.45) is 5.92 Å². The molecular weight excluding hydrogens is 316 g/mol. The summed E-state index contributed by atoms with van der Waals surface area (Å²) in [6.07, 6.45) is 3.01. The Morgan fingerprint density at radius 3 is 2.40 bits per heavy atom. The Kier molecular flexibility index (Phi) is 5.12. The highest BCUT2D eigenvalue weighted by atomic mass is 16.4. The second-order valence-corrected chi connectivity index (χ2v) is 6.56. The molecule has 1 fully saturated rings. The number of piperidine rings is 1. The standard InChI is InChI=1S/C20H22N2O3/c1-14-17(20(24)25)7-8-18(21-14)19(23)22-11-9-16(10-12-22)13-15-5-3-2-4-6-15/h2-8,16H,9-13H2,1H3,(H,24,25). The Morgan fingerprint density at radius 2 is 1.80 bits per heavy atom. The Balaban J connectivity index is 1.60. The fraction of sp³-hybridized carbons (Fsp3) is 0.350. The van der Waals surface area contributed by atoms with Crippen LogP contribution in [0.15, 0.2) is 42.5 Å². The van der Waals surface area contributed by atoms with E-state index in [9.17, 15) is 9.59 Å². The molecule has 0 spiro atoms. The molecule has 3 rings (SSSR count). The minimum atomic E-state index is -1.02. The Labute approximate surface area is 147 Å². The van der Waals surface area contributed by atoms with Crippen molar-refractivity contribution in [3.8, 4) is 0 Å². The number of benzene rings is 1. The maximum Gasteiger partial charge on any atom is 0.337 e. The van der Waals surface area contributed by atoms with Crippen LogP contribution in [0.2, 0.25) is 0 Å². The van der Waals surface area contributed by atoms with Crippen molar-refractivity contribution >= 4 is 11.9 Å². The number of carboxylic acids is 1. The van der Waals surface area contributed by atoms with Crippen molar-refractivity contribution in [2.45, 2.75) is 26.2 Å². The van der Waals surface area contributed by atoms with Gasteiger partial charge in [-0.25, -0.2) is 9.78 Å². The SMILES string of the molecule is Cc1nc(C(=O)N2CCC(Cc3ccccc3)CC2)ccc1C(=O)O. The van der Waals surface area contributed by atoms with E-state index in [4.69, 9.17) is 5.11 Å². The topological polar surface area (TPSA) is 70.5 Å². The van der Waals surface area contributed by atoms with Crippen molar-refractivity contribution < 1.29 is 14.7 Å². The number of aryl methyl sites for hydroxylation is 1. The highest BCUT2D eigenvalue weighted by molar-refractivity contribution is 5.94. The van der Waals surface area contributed by atoms with Crippen LogP contribution in [0, 0.1) is 12.8 Å². The number of likely N-dealkylation sites (tertiary alicyclic amines) is 1. The van der Waals surface area contributed by atoms with Gasteiger partial charge in [0.05, 0.1) is 11.3 Å². The highest BCUT2D eigenvalue weighted by Gasteiger charge is 2.25. The van der Waals surface area contributed by atoms with Gasteiger partial charge in [-0.1, -0.05) is 30.3 Å². The zero-order chi connectivity index (χ0) is 17.8. The van der Waals surface area contributed by atoms with Crippen LogP contribution >= 0.6 is 0 Å². The molecule has 1 aliphatic rings. The molecule has 1 amide bonds. The lowest BCUT2D eigenvalue weighted by Crippen LogP contribution is -2.39. The van der Waals surface area contributed by atoms with E-state index in [2.05, 4.69) is 29.2 Å². The van der Waals surface area contributed by atoms with E-state index in [1.165, 1.54) is 17.7 Å². The van der Waals surface area contributed by atoms with Gasteiger partial charge in [0, 0.05) is 13.1 Å². The number of aromatic carboxylic acids is 1. The number of hydrogen-bond acceptors (Lipinski definition) is 3. The average molecular weight is 338 g/mol. The molecule has 0 aliphatic carbocycles. The van der Waals surface area contributed by atoms with Gasteiger partial charge in [-0.2, -0.15) is 0 Å². The van der Waals surface area contributed by atoms with E-state index in [1.807, 2.05) is 11.0 Å². The Hall–Kier alpha value is -2.69. The molecule has 25 heavy (non-hydrogen) atoms. The van der Waals surface area contributed by atoms with Crippen molar-refractivity contribution in [1.29, 1.82) is 0 Å². The smallest absolute Gasteiger partial charge is 0.337 e. The number of carbonyl (C=O) groups is 2. The molecule has 0 radical (unpaired) electrons. The van der Waals surface area contributed by atoms with E-state index < -0.39 is 5.97 Å². The number of pyridine rings is 1. The van der Waals surface area contributed by atoms with Crippen LogP contribution < -0.4 is 0 Å². The lowest BCUT2D eigenvalue weighted by Gasteiger charge is -2.32. The maximum absolute atomic E-state index is 12.6. The summed E-state index contributed by atoms with van der Waals surface area (Å²) < 4.78 is 0. The van der Waals surface area contributed by atoms with Crippen LogP contribution in [0.3, 0.4) is 0 Å². The molecule has 1 aromatic carbocycles. The second kappa shape index (κ2) is 7.47. The van der Waals surface area contributed by atoms with E-state index in [1.54, 1.807) is 6.92 Å². The first-order valence-corrected chi connectivity index (χ1v) is 8.58. The Morgan fingerprint density at radius 1 is 1.12 bits per heavy atom. The molecule has 2 heterocycles. The molecule has 0 bridgehead atoms. The first-order valence-electron chi connectivity index (χ1n) is 8.58. The van der Waals surface area contributed by atoms with Gasteiger partial charge in [0.25, 0.3) is 5.91 Å². The zero-order valence-corrected chi connectivity index (χ0v) is 14.3. The van der Waals surface area contributed by atoms with Gasteiger partial charge in [-0.3, -0.25) is 4.79 Å². The quantitative estimate of drug-likeness (QED) is 0.929. The number of amides is 1. The van der Waals surface area contributed by atoms with Gasteiger partial charge in [-0.05, 0) is 49.8 Å². The van der Waals surface area contributed by atoms with Crippen molar-refractivity contribution in [3.63, 3.8) is 0 Å². The average Bonchev–Trinajstić information content (AvgIpc) is 2.62. The van der Waals surface area contributed by atoms with Gasteiger partial charge in [0.2, 0.25) is 0 Å². The van der Waals surface area contributed by atoms with Crippen LogP contribution in [0.25, 0.3) is 0 Å². The fourth-order valence-corrected chi connectivity index (χ4v) is 3.36. The first-order chi connectivity index (χ1) is 12.0. The summed E-state index contributed by atoms with van der Waals surface area (Å²) in [7, 11) is 0. The van der Waals surface area contributed by atoms with Gasteiger partial charge in [0.1, 0.15) is 5.69 Å². The summed E-state index contributed by atoms with van der Waals surface area (Å²) in [5.41, 5.74) is 2.17. The predicted octanol–water partition coefficient (Wildman–Crippen LogP) is 3.18. The fourth-order valence-electron chi connectivity index (χ4n) is 3.36. The van der Waals surface area contributed by atoms with E-state index in [-0.39, 0.29) is 11.5 Å². The number of rotatable bonds is 4. The number of carboxylic acid groups (broad SMARTS) is 1. The maximum atomic E-state index is 12.6. The monoisotopic (exact) mass is 338 g/mol. The van der Waals surface area contributed by atoms with E-state index in [0.717, 1.165) is 32.4 Å². The molecule has 0 saturated carbocycles. The molecule has 1 saturated heterocycles. The number of nitrogens with zero attached hydrogens (tertiary/aromatic N) is 2.